The number of nitrogens with zero attached hydrogens (tertiary/aromatic N) is 1. The summed E-state index contributed by atoms with van der Waals surface area (Å²) in [6.07, 6.45) is 0.445. The lowest BCUT2D eigenvalue weighted by Crippen LogP contribution is -2.52. The number of carbonyl (C=O) groups excluding carboxylic acids is 2. The van der Waals surface area contributed by atoms with Crippen LogP contribution in [0.25, 0.3) is 0 Å². The molecule has 7 nitrogen and oxygen atoms in total. The van der Waals surface area contributed by atoms with Crippen LogP contribution < -0.4 is 15.4 Å². The third-order valence-corrected chi connectivity index (χ3v) is 5.26. The molecule has 2 atom stereocenters. The predicted octanol–water partition coefficient (Wildman–Crippen LogP) is 3.08. The largest absolute Gasteiger partial charge is 0.489 e. The highest BCUT2D eigenvalue weighted by Gasteiger charge is 2.29. The van der Waals surface area contributed by atoms with Crippen LogP contribution in [0.2, 0.25) is 0 Å². The highest BCUT2D eigenvalue weighted by molar-refractivity contribution is 5.94. The Morgan fingerprint density at radius 1 is 1.16 bits per heavy atom. The van der Waals surface area contributed by atoms with Crippen molar-refractivity contribution in [3.63, 3.8) is 0 Å². The molecule has 3 amide bonds. The molecule has 3 N–H and O–H groups in total. The van der Waals surface area contributed by atoms with E-state index in [-0.39, 0.29) is 36.9 Å². The van der Waals surface area contributed by atoms with Gasteiger partial charge >= 0.3 is 6.03 Å². The Bertz CT molecular complexity index is 902. The number of urea groups is 1. The van der Waals surface area contributed by atoms with Gasteiger partial charge in [-0.15, -0.1) is 0 Å². The number of aliphatic hydroxyl groups excluding tert-OH is 1. The van der Waals surface area contributed by atoms with Gasteiger partial charge in [0.2, 0.25) is 0 Å². The summed E-state index contributed by atoms with van der Waals surface area (Å²) in [7, 11) is 0. The van der Waals surface area contributed by atoms with Gasteiger partial charge in [0.25, 0.3) is 5.91 Å². The zero-order chi connectivity index (χ0) is 23.1. The minimum absolute atomic E-state index is 0.00695. The zero-order valence-corrected chi connectivity index (χ0v) is 18.4. The minimum atomic E-state index is -0.728. The molecule has 2 aromatic rings. The normalized spacial score (nSPS) is 18.7. The summed E-state index contributed by atoms with van der Waals surface area (Å²) in [6, 6.07) is 12.0. The van der Waals surface area contributed by atoms with Gasteiger partial charge in [-0.3, -0.25) is 4.79 Å². The molecule has 0 bridgehead atoms. The van der Waals surface area contributed by atoms with E-state index in [1.54, 1.807) is 41.3 Å². The SMILES string of the molecule is CC(C)NC(=O)N1CCC[C@@H](O)[C@H](NC(=O)c2ccc(OCc3ccc(F)cc3)cc2)C1. The summed E-state index contributed by atoms with van der Waals surface area (Å²) in [5.74, 6) is -0.0475. The van der Waals surface area contributed by atoms with Crippen LogP contribution in [0, 0.1) is 5.82 Å². The highest BCUT2D eigenvalue weighted by Crippen LogP contribution is 2.16. The molecule has 1 fully saturated rings. The Balaban J connectivity index is 1.57. The number of amides is 3. The van der Waals surface area contributed by atoms with E-state index in [0.717, 1.165) is 5.56 Å². The second-order valence-corrected chi connectivity index (χ2v) is 8.28. The number of likely N-dealkylation sites (tertiary alicyclic amines) is 1. The van der Waals surface area contributed by atoms with Crippen LogP contribution in [0.3, 0.4) is 0 Å². The third-order valence-electron chi connectivity index (χ3n) is 5.26. The molecule has 0 aromatic heterocycles. The van der Waals surface area contributed by atoms with Crippen LogP contribution >= 0.6 is 0 Å². The van der Waals surface area contributed by atoms with Gasteiger partial charge in [0.05, 0.1) is 12.1 Å². The van der Waals surface area contributed by atoms with Crippen molar-refractivity contribution in [3.05, 3.63) is 65.5 Å². The standard InChI is InChI=1S/C24H30FN3O4/c1-16(2)26-24(31)28-13-3-4-22(29)21(14-28)27-23(30)18-7-11-20(12-8-18)32-15-17-5-9-19(25)10-6-17/h5-12,16,21-22,29H,3-4,13-15H2,1-2H3,(H,26,31)(H,27,30)/t21-,22-/m1/s1. The van der Waals surface area contributed by atoms with Crippen LogP contribution in [-0.4, -0.2) is 53.2 Å². The first-order chi connectivity index (χ1) is 15.3. The third kappa shape index (κ3) is 6.68. The van der Waals surface area contributed by atoms with Crippen molar-refractivity contribution in [2.45, 2.75) is 51.5 Å². The molecule has 3 rings (SSSR count). The summed E-state index contributed by atoms with van der Waals surface area (Å²) in [5.41, 5.74) is 1.26. The molecular formula is C24H30FN3O4. The molecule has 0 unspecified atom stereocenters. The molecule has 1 saturated heterocycles. The molecule has 2 aromatic carbocycles. The van der Waals surface area contributed by atoms with E-state index in [1.165, 1.54) is 12.1 Å². The minimum Gasteiger partial charge on any atom is -0.489 e. The lowest BCUT2D eigenvalue weighted by atomic mass is 10.1. The van der Waals surface area contributed by atoms with Crippen LogP contribution in [-0.2, 0) is 6.61 Å². The molecule has 1 aliphatic rings. The molecule has 172 valence electrons. The maximum absolute atomic E-state index is 13.0. The monoisotopic (exact) mass is 443 g/mol. The van der Waals surface area contributed by atoms with Crippen molar-refractivity contribution in [2.75, 3.05) is 13.1 Å². The first kappa shape index (κ1) is 23.5. The van der Waals surface area contributed by atoms with Crippen molar-refractivity contribution in [1.82, 2.24) is 15.5 Å². The van der Waals surface area contributed by atoms with Crippen molar-refractivity contribution in [3.8, 4) is 5.75 Å². The topological polar surface area (TPSA) is 90.9 Å². The molecule has 0 aliphatic carbocycles. The van der Waals surface area contributed by atoms with Crippen molar-refractivity contribution in [1.29, 1.82) is 0 Å². The zero-order valence-electron chi connectivity index (χ0n) is 18.4. The van der Waals surface area contributed by atoms with E-state index in [1.807, 2.05) is 13.8 Å². The molecule has 0 spiro atoms. The van der Waals surface area contributed by atoms with E-state index in [4.69, 9.17) is 4.74 Å². The maximum atomic E-state index is 13.0. The van der Waals surface area contributed by atoms with Crippen molar-refractivity contribution < 1.29 is 23.8 Å². The van der Waals surface area contributed by atoms with Gasteiger partial charge in [0.15, 0.2) is 0 Å². The van der Waals surface area contributed by atoms with E-state index >= 15 is 0 Å². The number of hydrogen-bond donors (Lipinski definition) is 3. The number of carbonyl (C=O) groups is 2. The Kier molecular flexibility index (Phi) is 8.05. The number of rotatable bonds is 6. The molecule has 0 radical (unpaired) electrons. The summed E-state index contributed by atoms with van der Waals surface area (Å²) >= 11 is 0. The molecule has 32 heavy (non-hydrogen) atoms. The predicted molar refractivity (Wildman–Crippen MR) is 119 cm³/mol. The fourth-order valence-electron chi connectivity index (χ4n) is 3.51. The lowest BCUT2D eigenvalue weighted by Gasteiger charge is -2.28. The maximum Gasteiger partial charge on any atom is 0.317 e. The van der Waals surface area contributed by atoms with Crippen molar-refractivity contribution >= 4 is 11.9 Å². The molecule has 1 aliphatic heterocycles. The molecule has 0 saturated carbocycles. The summed E-state index contributed by atoms with van der Waals surface area (Å²) in [6.45, 7) is 4.83. The average Bonchev–Trinajstić information content (AvgIpc) is 2.95. The van der Waals surface area contributed by atoms with Gasteiger partial charge < -0.3 is 25.4 Å². The van der Waals surface area contributed by atoms with Gasteiger partial charge in [0.1, 0.15) is 18.2 Å². The fourth-order valence-corrected chi connectivity index (χ4v) is 3.51. The van der Waals surface area contributed by atoms with Crippen LogP contribution in [0.4, 0.5) is 9.18 Å². The van der Waals surface area contributed by atoms with E-state index in [9.17, 15) is 19.1 Å². The second kappa shape index (κ2) is 10.9. The Morgan fingerprint density at radius 2 is 1.84 bits per heavy atom. The summed E-state index contributed by atoms with van der Waals surface area (Å²) in [4.78, 5) is 26.7. The van der Waals surface area contributed by atoms with Gasteiger partial charge in [-0.25, -0.2) is 9.18 Å². The van der Waals surface area contributed by atoms with Crippen LogP contribution in [0.1, 0.15) is 42.6 Å². The number of halogens is 1. The summed E-state index contributed by atoms with van der Waals surface area (Å²) < 4.78 is 18.7. The Labute approximate surface area is 187 Å². The number of aliphatic hydroxyl groups is 1. The van der Waals surface area contributed by atoms with Gasteiger partial charge in [-0.05, 0) is 68.7 Å². The highest BCUT2D eigenvalue weighted by atomic mass is 19.1. The van der Waals surface area contributed by atoms with Crippen LogP contribution in [0.15, 0.2) is 48.5 Å². The van der Waals surface area contributed by atoms with Gasteiger partial charge in [-0.2, -0.15) is 0 Å². The van der Waals surface area contributed by atoms with Gasteiger partial charge in [0, 0.05) is 24.7 Å². The van der Waals surface area contributed by atoms with Crippen LogP contribution in [0.5, 0.6) is 5.75 Å². The van der Waals surface area contributed by atoms with Crippen molar-refractivity contribution in [2.24, 2.45) is 0 Å². The Hall–Kier alpha value is -3.13. The van der Waals surface area contributed by atoms with E-state index < -0.39 is 12.1 Å². The van der Waals surface area contributed by atoms with E-state index in [2.05, 4.69) is 10.6 Å². The number of nitrogens with one attached hydrogen (secondary N) is 2. The molecule has 1 heterocycles. The average molecular weight is 444 g/mol. The molecular weight excluding hydrogens is 413 g/mol. The number of benzene rings is 2. The second-order valence-electron chi connectivity index (χ2n) is 8.28. The smallest absolute Gasteiger partial charge is 0.317 e. The summed E-state index contributed by atoms with van der Waals surface area (Å²) in [5, 5.41) is 16.2. The number of hydrogen-bond acceptors (Lipinski definition) is 4. The number of ether oxygens (including phenoxy) is 1. The van der Waals surface area contributed by atoms with E-state index in [0.29, 0.717) is 30.7 Å². The lowest BCUT2D eigenvalue weighted by molar-refractivity contribution is 0.0808. The first-order valence-corrected chi connectivity index (χ1v) is 10.8. The Morgan fingerprint density at radius 3 is 2.50 bits per heavy atom. The molecule has 8 heteroatoms. The first-order valence-electron chi connectivity index (χ1n) is 10.8. The quantitative estimate of drug-likeness (QED) is 0.640. The van der Waals surface area contributed by atoms with Gasteiger partial charge in [-0.1, -0.05) is 12.1 Å². The fraction of sp³-hybridized carbons (Fsp3) is 0.417.